The van der Waals surface area contributed by atoms with Crippen molar-refractivity contribution in [3.05, 3.63) is 29.8 Å². The van der Waals surface area contributed by atoms with Crippen LogP contribution in [0.4, 0.5) is 0 Å². The molecule has 1 saturated heterocycles. The smallest absolute Gasteiger partial charge is 0.251 e. The van der Waals surface area contributed by atoms with Crippen molar-refractivity contribution in [1.82, 2.24) is 10.6 Å². The van der Waals surface area contributed by atoms with Crippen molar-refractivity contribution in [2.75, 3.05) is 26.7 Å². The van der Waals surface area contributed by atoms with Gasteiger partial charge in [-0.2, -0.15) is 0 Å². The van der Waals surface area contributed by atoms with E-state index in [1.54, 1.807) is 31.4 Å². The van der Waals surface area contributed by atoms with Gasteiger partial charge in [0.15, 0.2) is 0 Å². The summed E-state index contributed by atoms with van der Waals surface area (Å²) in [6.45, 7) is 5.05. The van der Waals surface area contributed by atoms with E-state index in [9.17, 15) is 4.79 Å². The van der Waals surface area contributed by atoms with Crippen molar-refractivity contribution in [2.45, 2.75) is 19.8 Å². The van der Waals surface area contributed by atoms with Crippen LogP contribution in [0.1, 0.15) is 30.1 Å². The zero-order valence-corrected chi connectivity index (χ0v) is 11.7. The van der Waals surface area contributed by atoms with Gasteiger partial charge in [0.05, 0.1) is 7.11 Å². The minimum absolute atomic E-state index is 0.0117. The fraction of sp³-hybridized carbons (Fsp3) is 0.533. The van der Waals surface area contributed by atoms with E-state index in [4.69, 9.17) is 4.74 Å². The van der Waals surface area contributed by atoms with Crippen molar-refractivity contribution >= 4 is 5.91 Å². The molecule has 0 atom stereocenters. The Hall–Kier alpha value is -1.55. The fourth-order valence-electron chi connectivity index (χ4n) is 2.35. The standard InChI is InChI=1S/C15H22N2O2/c1-15(7-9-16-10-8-15)11-17-14(18)12-3-5-13(19-2)6-4-12/h3-6,16H,7-11H2,1-2H3,(H,17,18). The van der Waals surface area contributed by atoms with Gasteiger partial charge in [0, 0.05) is 12.1 Å². The SMILES string of the molecule is COc1ccc(C(=O)NCC2(C)CCNCC2)cc1. The molecule has 19 heavy (non-hydrogen) atoms. The number of hydrogen-bond acceptors (Lipinski definition) is 3. The molecule has 0 aromatic heterocycles. The van der Waals surface area contributed by atoms with Crippen LogP contribution >= 0.6 is 0 Å². The second-order valence-corrected chi connectivity index (χ2v) is 5.47. The van der Waals surface area contributed by atoms with Crippen LogP contribution in [-0.2, 0) is 0 Å². The van der Waals surface area contributed by atoms with E-state index in [0.717, 1.165) is 38.2 Å². The maximum Gasteiger partial charge on any atom is 0.251 e. The average Bonchev–Trinajstić information content (AvgIpc) is 2.46. The van der Waals surface area contributed by atoms with Crippen LogP contribution in [0.25, 0.3) is 0 Å². The summed E-state index contributed by atoms with van der Waals surface area (Å²) >= 11 is 0. The van der Waals surface area contributed by atoms with E-state index in [1.807, 2.05) is 0 Å². The highest BCUT2D eigenvalue weighted by atomic mass is 16.5. The first-order chi connectivity index (χ1) is 9.13. The number of benzene rings is 1. The highest BCUT2D eigenvalue weighted by Crippen LogP contribution is 2.26. The topological polar surface area (TPSA) is 50.4 Å². The third kappa shape index (κ3) is 3.70. The molecular formula is C15H22N2O2. The monoisotopic (exact) mass is 262 g/mol. The van der Waals surface area contributed by atoms with Crippen LogP contribution in [0, 0.1) is 5.41 Å². The molecule has 0 radical (unpaired) electrons. The second kappa shape index (κ2) is 6.06. The number of methoxy groups -OCH3 is 1. The number of rotatable bonds is 4. The van der Waals surface area contributed by atoms with Gasteiger partial charge < -0.3 is 15.4 Å². The molecule has 0 saturated carbocycles. The summed E-state index contributed by atoms with van der Waals surface area (Å²) in [5.74, 6) is 0.754. The van der Waals surface area contributed by atoms with E-state index in [1.165, 1.54) is 0 Å². The van der Waals surface area contributed by atoms with Gasteiger partial charge >= 0.3 is 0 Å². The number of ether oxygens (including phenoxy) is 1. The van der Waals surface area contributed by atoms with Gasteiger partial charge in [-0.15, -0.1) is 0 Å². The Labute approximate surface area is 114 Å². The Morgan fingerprint density at radius 3 is 2.53 bits per heavy atom. The summed E-state index contributed by atoms with van der Waals surface area (Å²) in [6, 6.07) is 7.19. The first kappa shape index (κ1) is 13.9. The number of carbonyl (C=O) groups excluding carboxylic acids is 1. The minimum Gasteiger partial charge on any atom is -0.497 e. The van der Waals surface area contributed by atoms with Gasteiger partial charge in [-0.25, -0.2) is 0 Å². The number of carbonyl (C=O) groups is 1. The molecule has 0 bridgehead atoms. The Bertz CT molecular complexity index is 422. The molecule has 1 aliphatic heterocycles. The first-order valence-corrected chi connectivity index (χ1v) is 6.76. The third-order valence-corrected chi connectivity index (χ3v) is 3.84. The highest BCUT2D eigenvalue weighted by molar-refractivity contribution is 5.94. The van der Waals surface area contributed by atoms with E-state index in [2.05, 4.69) is 17.6 Å². The van der Waals surface area contributed by atoms with Gasteiger partial charge in [0.25, 0.3) is 5.91 Å². The maximum atomic E-state index is 12.1. The average molecular weight is 262 g/mol. The molecular weight excluding hydrogens is 240 g/mol. The Kier molecular flexibility index (Phi) is 4.43. The first-order valence-electron chi connectivity index (χ1n) is 6.76. The second-order valence-electron chi connectivity index (χ2n) is 5.47. The largest absolute Gasteiger partial charge is 0.497 e. The lowest BCUT2D eigenvalue weighted by Crippen LogP contribution is -2.42. The molecule has 1 aliphatic rings. The molecule has 1 aromatic rings. The van der Waals surface area contributed by atoms with Crippen LogP contribution in [0.5, 0.6) is 5.75 Å². The summed E-state index contributed by atoms with van der Waals surface area (Å²) in [4.78, 5) is 12.1. The third-order valence-electron chi connectivity index (χ3n) is 3.84. The lowest BCUT2D eigenvalue weighted by Gasteiger charge is -2.34. The predicted octanol–water partition coefficient (Wildman–Crippen LogP) is 1.81. The van der Waals surface area contributed by atoms with E-state index in [0.29, 0.717) is 5.56 Å². The van der Waals surface area contributed by atoms with Crippen molar-refractivity contribution in [3.8, 4) is 5.75 Å². The summed E-state index contributed by atoms with van der Waals surface area (Å²) < 4.78 is 5.08. The zero-order valence-electron chi connectivity index (χ0n) is 11.7. The molecule has 1 amide bonds. The Morgan fingerprint density at radius 2 is 1.95 bits per heavy atom. The summed E-state index contributed by atoms with van der Waals surface area (Å²) in [5.41, 5.74) is 0.895. The minimum atomic E-state index is -0.0117. The van der Waals surface area contributed by atoms with Crippen LogP contribution < -0.4 is 15.4 Å². The number of hydrogen-bond donors (Lipinski definition) is 2. The van der Waals surface area contributed by atoms with Gasteiger partial charge in [-0.05, 0) is 55.6 Å². The van der Waals surface area contributed by atoms with E-state index >= 15 is 0 Å². The van der Waals surface area contributed by atoms with Gasteiger partial charge in [0.2, 0.25) is 0 Å². The van der Waals surface area contributed by atoms with E-state index < -0.39 is 0 Å². The van der Waals surface area contributed by atoms with Gasteiger partial charge in [-0.3, -0.25) is 4.79 Å². The van der Waals surface area contributed by atoms with Crippen molar-refractivity contribution in [2.24, 2.45) is 5.41 Å². The maximum absolute atomic E-state index is 12.1. The zero-order chi connectivity index (χ0) is 13.7. The molecule has 0 aliphatic carbocycles. The van der Waals surface area contributed by atoms with Crippen LogP contribution in [0.15, 0.2) is 24.3 Å². The van der Waals surface area contributed by atoms with Crippen molar-refractivity contribution in [3.63, 3.8) is 0 Å². The van der Waals surface area contributed by atoms with E-state index in [-0.39, 0.29) is 11.3 Å². The summed E-state index contributed by atoms with van der Waals surface area (Å²) in [6.07, 6.45) is 2.21. The van der Waals surface area contributed by atoms with Crippen LogP contribution in [0.3, 0.4) is 0 Å². The van der Waals surface area contributed by atoms with Crippen LogP contribution in [-0.4, -0.2) is 32.7 Å². The molecule has 2 rings (SSSR count). The fourth-order valence-corrected chi connectivity index (χ4v) is 2.35. The molecule has 4 nitrogen and oxygen atoms in total. The van der Waals surface area contributed by atoms with Crippen molar-refractivity contribution in [1.29, 1.82) is 0 Å². The summed E-state index contributed by atoms with van der Waals surface area (Å²) in [7, 11) is 1.62. The lowest BCUT2D eigenvalue weighted by atomic mass is 9.81. The number of nitrogens with one attached hydrogen (secondary N) is 2. The molecule has 1 fully saturated rings. The molecule has 104 valence electrons. The molecule has 1 heterocycles. The molecule has 4 heteroatoms. The molecule has 0 unspecified atom stereocenters. The highest BCUT2D eigenvalue weighted by Gasteiger charge is 2.27. The van der Waals surface area contributed by atoms with Crippen molar-refractivity contribution < 1.29 is 9.53 Å². The lowest BCUT2D eigenvalue weighted by molar-refractivity contribution is 0.0922. The predicted molar refractivity (Wildman–Crippen MR) is 75.5 cm³/mol. The molecule has 0 spiro atoms. The Morgan fingerprint density at radius 1 is 1.32 bits per heavy atom. The van der Waals surface area contributed by atoms with Gasteiger partial charge in [0.1, 0.15) is 5.75 Å². The molecule has 2 N–H and O–H groups in total. The quantitative estimate of drug-likeness (QED) is 0.870. The molecule has 1 aromatic carbocycles. The van der Waals surface area contributed by atoms with Crippen LogP contribution in [0.2, 0.25) is 0 Å². The summed E-state index contributed by atoms with van der Waals surface area (Å²) in [5, 5.41) is 6.38. The number of amides is 1. The Balaban J connectivity index is 1.89. The number of piperidine rings is 1. The normalized spacial score (nSPS) is 17.8. The van der Waals surface area contributed by atoms with Gasteiger partial charge in [-0.1, -0.05) is 6.92 Å².